The molecular formula is C15H20N4O. The summed E-state index contributed by atoms with van der Waals surface area (Å²) in [5.41, 5.74) is 7.78. The first-order valence-corrected chi connectivity index (χ1v) is 6.40. The summed E-state index contributed by atoms with van der Waals surface area (Å²) >= 11 is 0. The molecule has 0 heterocycles. The molecule has 0 aliphatic rings. The van der Waals surface area contributed by atoms with Crippen molar-refractivity contribution in [3.63, 3.8) is 0 Å². The van der Waals surface area contributed by atoms with Gasteiger partial charge in [-0.3, -0.25) is 4.79 Å². The lowest BCUT2D eigenvalue weighted by Gasteiger charge is -2.09. The molecular weight excluding hydrogens is 252 g/mol. The van der Waals surface area contributed by atoms with Crippen molar-refractivity contribution in [3.05, 3.63) is 29.8 Å². The SMILES string of the molecule is C#CCNC(=O)CN=C(N)Nc1cccc(C(C)C)c1. The van der Waals surface area contributed by atoms with Crippen LogP contribution in [0, 0.1) is 12.3 Å². The molecule has 1 amide bonds. The summed E-state index contributed by atoms with van der Waals surface area (Å²) in [5, 5.41) is 5.47. The molecule has 0 saturated heterocycles. The van der Waals surface area contributed by atoms with Gasteiger partial charge < -0.3 is 16.4 Å². The minimum atomic E-state index is -0.261. The van der Waals surface area contributed by atoms with Gasteiger partial charge in [0.05, 0.1) is 6.54 Å². The summed E-state index contributed by atoms with van der Waals surface area (Å²) < 4.78 is 0. The van der Waals surface area contributed by atoms with Gasteiger partial charge in [-0.15, -0.1) is 6.42 Å². The minimum Gasteiger partial charge on any atom is -0.370 e. The second-order valence-electron chi connectivity index (χ2n) is 4.59. The van der Waals surface area contributed by atoms with E-state index in [9.17, 15) is 4.79 Å². The van der Waals surface area contributed by atoms with E-state index in [0.29, 0.717) is 5.92 Å². The molecule has 0 spiro atoms. The predicted molar refractivity (Wildman–Crippen MR) is 82.5 cm³/mol. The first kappa shape index (κ1) is 15.6. The van der Waals surface area contributed by atoms with E-state index in [1.807, 2.05) is 18.2 Å². The van der Waals surface area contributed by atoms with E-state index in [0.717, 1.165) is 5.69 Å². The van der Waals surface area contributed by atoms with Crippen molar-refractivity contribution in [2.24, 2.45) is 10.7 Å². The number of aliphatic imine (C=N–C) groups is 1. The quantitative estimate of drug-likeness (QED) is 0.429. The highest BCUT2D eigenvalue weighted by Gasteiger charge is 2.02. The van der Waals surface area contributed by atoms with Crippen molar-refractivity contribution in [1.29, 1.82) is 0 Å². The number of carbonyl (C=O) groups is 1. The number of anilines is 1. The van der Waals surface area contributed by atoms with Crippen molar-refractivity contribution in [2.75, 3.05) is 18.4 Å². The van der Waals surface area contributed by atoms with Crippen molar-refractivity contribution >= 4 is 17.6 Å². The largest absolute Gasteiger partial charge is 0.370 e. The number of rotatable bonds is 5. The first-order valence-electron chi connectivity index (χ1n) is 6.40. The van der Waals surface area contributed by atoms with Gasteiger partial charge in [0.1, 0.15) is 6.54 Å². The zero-order valence-electron chi connectivity index (χ0n) is 11.8. The third kappa shape index (κ3) is 5.44. The van der Waals surface area contributed by atoms with E-state index >= 15 is 0 Å². The molecule has 5 nitrogen and oxygen atoms in total. The van der Waals surface area contributed by atoms with Crippen molar-refractivity contribution in [3.8, 4) is 12.3 Å². The molecule has 0 bridgehead atoms. The first-order chi connectivity index (χ1) is 9.52. The molecule has 0 aliphatic carbocycles. The van der Waals surface area contributed by atoms with Crippen LogP contribution >= 0.6 is 0 Å². The summed E-state index contributed by atoms with van der Waals surface area (Å²) in [7, 11) is 0. The fraction of sp³-hybridized carbons (Fsp3) is 0.333. The Labute approximate surface area is 119 Å². The summed E-state index contributed by atoms with van der Waals surface area (Å²) in [5.74, 6) is 2.69. The van der Waals surface area contributed by atoms with Gasteiger partial charge >= 0.3 is 0 Å². The topological polar surface area (TPSA) is 79.5 Å². The highest BCUT2D eigenvalue weighted by molar-refractivity contribution is 5.93. The summed E-state index contributed by atoms with van der Waals surface area (Å²) in [6.45, 7) is 4.38. The Morgan fingerprint density at radius 3 is 2.90 bits per heavy atom. The Morgan fingerprint density at radius 1 is 1.50 bits per heavy atom. The Hall–Kier alpha value is -2.48. The van der Waals surface area contributed by atoms with Gasteiger partial charge in [-0.1, -0.05) is 31.9 Å². The van der Waals surface area contributed by atoms with Crippen LogP contribution in [-0.4, -0.2) is 25.0 Å². The Balaban J connectivity index is 2.57. The van der Waals surface area contributed by atoms with Gasteiger partial charge in [0, 0.05) is 5.69 Å². The van der Waals surface area contributed by atoms with Crippen LogP contribution in [0.1, 0.15) is 25.3 Å². The van der Waals surface area contributed by atoms with E-state index in [2.05, 4.69) is 41.5 Å². The molecule has 0 atom stereocenters. The smallest absolute Gasteiger partial charge is 0.242 e. The maximum absolute atomic E-state index is 11.3. The molecule has 0 saturated carbocycles. The van der Waals surface area contributed by atoms with Gasteiger partial charge in [-0.25, -0.2) is 4.99 Å². The molecule has 106 valence electrons. The molecule has 20 heavy (non-hydrogen) atoms. The highest BCUT2D eigenvalue weighted by Crippen LogP contribution is 2.18. The Kier molecular flexibility index (Phi) is 6.11. The van der Waals surface area contributed by atoms with Crippen molar-refractivity contribution in [1.82, 2.24) is 5.32 Å². The monoisotopic (exact) mass is 272 g/mol. The number of benzene rings is 1. The summed E-state index contributed by atoms with van der Waals surface area (Å²) in [6, 6.07) is 7.90. The molecule has 0 radical (unpaired) electrons. The number of terminal acetylenes is 1. The number of guanidine groups is 1. The molecule has 0 fully saturated rings. The van der Waals surface area contributed by atoms with E-state index in [1.54, 1.807) is 0 Å². The molecule has 1 aromatic rings. The number of carbonyl (C=O) groups excluding carboxylic acids is 1. The number of nitrogens with one attached hydrogen (secondary N) is 2. The average molecular weight is 272 g/mol. The van der Waals surface area contributed by atoms with Crippen LogP contribution in [0.25, 0.3) is 0 Å². The van der Waals surface area contributed by atoms with Gasteiger partial charge in [-0.2, -0.15) is 0 Å². The van der Waals surface area contributed by atoms with Crippen LogP contribution in [0.15, 0.2) is 29.3 Å². The van der Waals surface area contributed by atoms with E-state index < -0.39 is 0 Å². The van der Waals surface area contributed by atoms with Crippen LogP contribution in [0.4, 0.5) is 5.69 Å². The maximum Gasteiger partial charge on any atom is 0.242 e. The number of nitrogens with two attached hydrogens (primary N) is 1. The summed E-state index contributed by atoms with van der Waals surface area (Å²) in [6.07, 6.45) is 5.04. The molecule has 1 rings (SSSR count). The molecule has 5 heteroatoms. The minimum absolute atomic E-state index is 0.0512. The fourth-order valence-electron chi connectivity index (χ4n) is 1.53. The lowest BCUT2D eigenvalue weighted by atomic mass is 10.0. The normalized spacial score (nSPS) is 11.0. The predicted octanol–water partition coefficient (Wildman–Crippen LogP) is 1.29. The standard InChI is InChI=1S/C15H20N4O/c1-4-8-17-14(20)10-18-15(16)19-13-7-5-6-12(9-13)11(2)3/h1,5-7,9,11H,8,10H2,2-3H3,(H,17,20)(H3,16,18,19). The number of hydrogen-bond acceptors (Lipinski definition) is 2. The zero-order chi connectivity index (χ0) is 15.0. The van der Waals surface area contributed by atoms with Gasteiger partial charge in [0.2, 0.25) is 5.91 Å². The van der Waals surface area contributed by atoms with Crippen LogP contribution in [0.3, 0.4) is 0 Å². The van der Waals surface area contributed by atoms with Crippen LogP contribution < -0.4 is 16.4 Å². The van der Waals surface area contributed by atoms with Crippen molar-refractivity contribution in [2.45, 2.75) is 19.8 Å². The maximum atomic E-state index is 11.3. The van der Waals surface area contributed by atoms with Crippen molar-refractivity contribution < 1.29 is 4.79 Å². The molecule has 0 unspecified atom stereocenters. The second kappa shape index (κ2) is 7.85. The van der Waals surface area contributed by atoms with Crippen LogP contribution in [0.5, 0.6) is 0 Å². The molecule has 0 aromatic heterocycles. The van der Waals surface area contributed by atoms with Crippen LogP contribution in [0.2, 0.25) is 0 Å². The van der Waals surface area contributed by atoms with E-state index in [-0.39, 0.29) is 25.0 Å². The Morgan fingerprint density at radius 2 is 2.25 bits per heavy atom. The molecule has 1 aromatic carbocycles. The lowest BCUT2D eigenvalue weighted by molar-refractivity contribution is -0.119. The lowest BCUT2D eigenvalue weighted by Crippen LogP contribution is -2.29. The van der Waals surface area contributed by atoms with E-state index in [4.69, 9.17) is 12.2 Å². The Bertz CT molecular complexity index is 529. The van der Waals surface area contributed by atoms with E-state index in [1.165, 1.54) is 5.56 Å². The average Bonchev–Trinajstić information content (AvgIpc) is 2.43. The second-order valence-corrected chi connectivity index (χ2v) is 4.59. The summed E-state index contributed by atoms with van der Waals surface area (Å²) in [4.78, 5) is 15.3. The molecule has 4 N–H and O–H groups in total. The van der Waals surface area contributed by atoms with Gasteiger partial charge in [-0.05, 0) is 23.6 Å². The number of nitrogens with zero attached hydrogens (tertiary/aromatic N) is 1. The highest BCUT2D eigenvalue weighted by atomic mass is 16.1. The third-order valence-corrected chi connectivity index (χ3v) is 2.61. The van der Waals surface area contributed by atoms with Crippen LogP contribution in [-0.2, 0) is 4.79 Å². The number of amides is 1. The fourth-order valence-corrected chi connectivity index (χ4v) is 1.53. The zero-order valence-corrected chi connectivity index (χ0v) is 11.8. The third-order valence-electron chi connectivity index (χ3n) is 2.61. The number of hydrogen-bond donors (Lipinski definition) is 3. The van der Waals surface area contributed by atoms with Gasteiger partial charge in [0.15, 0.2) is 5.96 Å². The van der Waals surface area contributed by atoms with Gasteiger partial charge in [0.25, 0.3) is 0 Å². The molecule has 0 aliphatic heterocycles.